The molecule has 0 aliphatic carbocycles. The van der Waals surface area contributed by atoms with Crippen LogP contribution in [0.25, 0.3) is 18.2 Å². The predicted octanol–water partition coefficient (Wildman–Crippen LogP) is 0.527. The Morgan fingerprint density at radius 2 is 2.18 bits per heavy atom. The van der Waals surface area contributed by atoms with Crippen LogP contribution in [0.5, 0.6) is 5.75 Å². The van der Waals surface area contributed by atoms with Gasteiger partial charge in [-0.15, -0.1) is 0 Å². The molecule has 17 heavy (non-hydrogen) atoms. The SMILES string of the molecule is O=C1C=c2c(cc3c4c2=CCN4C=CC=C3)O1. The molecule has 82 valence electrons. The maximum Gasteiger partial charge on any atom is 0.336 e. The van der Waals surface area contributed by atoms with Crippen molar-refractivity contribution in [1.29, 1.82) is 0 Å². The second-order valence-electron chi connectivity index (χ2n) is 4.26. The molecule has 0 saturated carbocycles. The molecule has 4 rings (SSSR count). The third-order valence-corrected chi connectivity index (χ3v) is 3.28. The number of allylic oxidation sites excluding steroid dienone is 2. The average molecular weight is 223 g/mol. The van der Waals surface area contributed by atoms with Gasteiger partial charge in [-0.1, -0.05) is 18.2 Å². The number of hydrogen-bond acceptors (Lipinski definition) is 3. The number of fused-ring (bicyclic) bond motifs is 2. The van der Waals surface area contributed by atoms with Gasteiger partial charge in [0.25, 0.3) is 0 Å². The average Bonchev–Trinajstić information content (AvgIpc) is 2.81. The van der Waals surface area contributed by atoms with Crippen LogP contribution in [-0.4, -0.2) is 12.5 Å². The minimum absolute atomic E-state index is 0.275. The van der Waals surface area contributed by atoms with Gasteiger partial charge in [-0.25, -0.2) is 4.79 Å². The van der Waals surface area contributed by atoms with Gasteiger partial charge in [0, 0.05) is 34.8 Å². The highest BCUT2D eigenvalue weighted by atomic mass is 16.5. The monoisotopic (exact) mass is 223 g/mol. The first-order chi connectivity index (χ1) is 8.33. The molecule has 3 nitrogen and oxygen atoms in total. The van der Waals surface area contributed by atoms with E-state index in [2.05, 4.69) is 17.2 Å². The molecule has 0 bridgehead atoms. The number of rotatable bonds is 0. The number of nitrogens with zero attached hydrogens (tertiary/aromatic N) is 1. The Balaban J connectivity index is 2.17. The van der Waals surface area contributed by atoms with Gasteiger partial charge in [-0.05, 0) is 12.1 Å². The highest BCUT2D eigenvalue weighted by molar-refractivity contribution is 6.05. The summed E-state index contributed by atoms with van der Waals surface area (Å²) in [7, 11) is 0. The quantitative estimate of drug-likeness (QED) is 0.474. The van der Waals surface area contributed by atoms with Crippen molar-refractivity contribution in [2.45, 2.75) is 0 Å². The van der Waals surface area contributed by atoms with Crippen molar-refractivity contribution in [2.75, 3.05) is 11.4 Å². The molecule has 1 aromatic carbocycles. The molecule has 3 heterocycles. The fraction of sp³-hybridized carbons (Fsp3) is 0.0714. The fourth-order valence-electron chi connectivity index (χ4n) is 2.58. The summed E-state index contributed by atoms with van der Waals surface area (Å²) in [6.07, 6.45) is 11.8. The molecule has 0 amide bonds. The molecule has 3 heteroatoms. The first-order valence-corrected chi connectivity index (χ1v) is 5.55. The van der Waals surface area contributed by atoms with Crippen molar-refractivity contribution in [3.05, 3.63) is 40.4 Å². The largest absolute Gasteiger partial charge is 0.423 e. The van der Waals surface area contributed by atoms with E-state index in [1.807, 2.05) is 24.3 Å². The van der Waals surface area contributed by atoms with E-state index in [9.17, 15) is 4.79 Å². The lowest BCUT2D eigenvalue weighted by atomic mass is 10.1. The normalized spacial score (nSPS) is 18.1. The molecule has 1 aromatic rings. The summed E-state index contributed by atoms with van der Waals surface area (Å²) < 4.78 is 5.19. The molecule has 0 radical (unpaired) electrons. The van der Waals surface area contributed by atoms with Gasteiger partial charge in [0.2, 0.25) is 0 Å². The molecule has 0 unspecified atom stereocenters. The van der Waals surface area contributed by atoms with Gasteiger partial charge in [-0.2, -0.15) is 0 Å². The number of hydrogen-bond donors (Lipinski definition) is 0. The van der Waals surface area contributed by atoms with E-state index in [0.717, 1.165) is 22.5 Å². The molecule has 0 spiro atoms. The maximum absolute atomic E-state index is 11.3. The van der Waals surface area contributed by atoms with Crippen molar-refractivity contribution in [1.82, 2.24) is 0 Å². The Labute approximate surface area is 97.6 Å². The Morgan fingerprint density at radius 1 is 1.24 bits per heavy atom. The smallest absolute Gasteiger partial charge is 0.336 e. The summed E-state index contributed by atoms with van der Waals surface area (Å²) >= 11 is 0. The topological polar surface area (TPSA) is 29.5 Å². The Kier molecular flexibility index (Phi) is 1.50. The second-order valence-corrected chi connectivity index (χ2v) is 4.26. The predicted molar refractivity (Wildman–Crippen MR) is 65.8 cm³/mol. The molecule has 0 fully saturated rings. The van der Waals surface area contributed by atoms with Crippen LogP contribution < -0.4 is 20.1 Å². The lowest BCUT2D eigenvalue weighted by molar-refractivity contribution is -0.126. The lowest BCUT2D eigenvalue weighted by Crippen LogP contribution is -2.26. The first-order valence-electron chi connectivity index (χ1n) is 5.55. The molecule has 0 N–H and O–H groups in total. The van der Waals surface area contributed by atoms with Gasteiger partial charge >= 0.3 is 5.97 Å². The summed E-state index contributed by atoms with van der Waals surface area (Å²) in [4.78, 5) is 13.5. The van der Waals surface area contributed by atoms with Crippen molar-refractivity contribution in [2.24, 2.45) is 0 Å². The van der Waals surface area contributed by atoms with E-state index >= 15 is 0 Å². The van der Waals surface area contributed by atoms with Crippen molar-refractivity contribution in [3.8, 4) is 5.75 Å². The summed E-state index contributed by atoms with van der Waals surface area (Å²) in [6, 6.07) is 1.94. The van der Waals surface area contributed by atoms with Gasteiger partial charge in [0.05, 0.1) is 5.69 Å². The maximum atomic E-state index is 11.3. The number of anilines is 1. The van der Waals surface area contributed by atoms with Crippen molar-refractivity contribution < 1.29 is 9.53 Å². The zero-order chi connectivity index (χ0) is 11.4. The Morgan fingerprint density at radius 3 is 3.12 bits per heavy atom. The third kappa shape index (κ3) is 1.08. The molecule has 0 atom stereocenters. The first kappa shape index (κ1) is 8.82. The Hall–Kier alpha value is -2.29. The number of ether oxygens (including phenoxy) is 1. The van der Waals surface area contributed by atoms with Crippen LogP contribution in [-0.2, 0) is 4.79 Å². The third-order valence-electron chi connectivity index (χ3n) is 3.28. The molecule has 0 aromatic heterocycles. The highest BCUT2D eigenvalue weighted by Gasteiger charge is 2.22. The van der Waals surface area contributed by atoms with Crippen LogP contribution in [0.2, 0.25) is 0 Å². The van der Waals surface area contributed by atoms with Crippen LogP contribution in [0, 0.1) is 0 Å². The zero-order valence-corrected chi connectivity index (χ0v) is 9.01. The Bertz CT molecular complexity index is 726. The van der Waals surface area contributed by atoms with Crippen LogP contribution in [0.15, 0.2) is 24.4 Å². The van der Waals surface area contributed by atoms with Crippen LogP contribution in [0.3, 0.4) is 0 Å². The number of carbonyl (C=O) groups excluding carboxylic acids is 1. The van der Waals surface area contributed by atoms with Gasteiger partial charge < -0.3 is 9.64 Å². The summed E-state index contributed by atoms with van der Waals surface area (Å²) in [5.41, 5.74) is 2.27. The summed E-state index contributed by atoms with van der Waals surface area (Å²) in [5.74, 6) is 0.399. The number of esters is 1. The van der Waals surface area contributed by atoms with Crippen molar-refractivity contribution in [3.63, 3.8) is 0 Å². The molecule has 0 saturated heterocycles. The van der Waals surface area contributed by atoms with Gasteiger partial charge in [0.1, 0.15) is 5.75 Å². The van der Waals surface area contributed by atoms with E-state index in [-0.39, 0.29) is 5.97 Å². The van der Waals surface area contributed by atoms with Crippen LogP contribution in [0.4, 0.5) is 5.69 Å². The van der Waals surface area contributed by atoms with Crippen molar-refractivity contribution >= 4 is 29.9 Å². The van der Waals surface area contributed by atoms with E-state index < -0.39 is 0 Å². The second kappa shape index (κ2) is 2.88. The van der Waals surface area contributed by atoms with E-state index in [1.54, 1.807) is 6.08 Å². The molecule has 3 aliphatic rings. The van der Waals surface area contributed by atoms with Gasteiger partial charge in [-0.3, -0.25) is 0 Å². The summed E-state index contributed by atoms with van der Waals surface area (Å²) in [6.45, 7) is 0.846. The number of benzene rings is 1. The standard InChI is InChI=1S/C14H9NO2/c16-13-8-11-10-4-6-15-5-2-1-3-9(14(10)15)7-12(11)17-13/h1-5,7-8H,6H2. The summed E-state index contributed by atoms with van der Waals surface area (Å²) in [5, 5.41) is 2.03. The highest BCUT2D eigenvalue weighted by Crippen LogP contribution is 2.26. The van der Waals surface area contributed by atoms with E-state index in [4.69, 9.17) is 4.74 Å². The van der Waals surface area contributed by atoms with Crippen LogP contribution in [0.1, 0.15) is 5.56 Å². The molecular formula is C14H9NO2. The van der Waals surface area contributed by atoms with E-state index in [0.29, 0.717) is 5.75 Å². The zero-order valence-electron chi connectivity index (χ0n) is 9.01. The van der Waals surface area contributed by atoms with Gasteiger partial charge in [0.15, 0.2) is 0 Å². The lowest BCUT2D eigenvalue weighted by Gasteiger charge is -2.15. The minimum Gasteiger partial charge on any atom is -0.423 e. The fourth-order valence-corrected chi connectivity index (χ4v) is 2.58. The molecular weight excluding hydrogens is 214 g/mol. The van der Waals surface area contributed by atoms with E-state index in [1.165, 1.54) is 5.69 Å². The minimum atomic E-state index is -0.275. The van der Waals surface area contributed by atoms with Crippen LogP contribution >= 0.6 is 0 Å². The number of carbonyl (C=O) groups is 1. The molecule has 3 aliphatic heterocycles.